The number of nitrogens with one attached hydrogen (secondary N) is 2. The zero-order valence-corrected chi connectivity index (χ0v) is 16.6. The minimum atomic E-state index is -0.237. The van der Waals surface area contributed by atoms with Gasteiger partial charge in [-0.05, 0) is 37.1 Å². The molecule has 0 aliphatic heterocycles. The van der Waals surface area contributed by atoms with Crippen LogP contribution in [0, 0.1) is 19.7 Å². The number of hydrogen-bond donors (Lipinski definition) is 2. The minimum Gasteiger partial charge on any atom is -0.363 e. The molecule has 3 heterocycles. The number of hydrogen-bond acceptors (Lipinski definition) is 4. The lowest BCUT2D eigenvalue weighted by molar-refractivity contribution is 0.627. The molecule has 0 amide bonds. The summed E-state index contributed by atoms with van der Waals surface area (Å²) in [6.07, 6.45) is 0. The van der Waals surface area contributed by atoms with E-state index in [-0.39, 0.29) is 5.82 Å². The second-order valence-corrected chi connectivity index (χ2v) is 7.05. The fourth-order valence-corrected chi connectivity index (χ4v) is 4.11. The summed E-state index contributed by atoms with van der Waals surface area (Å²) in [5.74, 6) is 0.532. The molecule has 0 unspecified atom stereocenters. The van der Waals surface area contributed by atoms with Crippen LogP contribution in [-0.4, -0.2) is 15.2 Å². The van der Waals surface area contributed by atoms with Crippen LogP contribution < -0.4 is 5.32 Å². The van der Waals surface area contributed by atoms with Crippen molar-refractivity contribution in [3.63, 3.8) is 0 Å². The molecule has 0 spiro atoms. The largest absolute Gasteiger partial charge is 0.363 e. The molecule has 7 heteroatoms. The van der Waals surface area contributed by atoms with Crippen LogP contribution in [0.1, 0.15) is 30.7 Å². The highest BCUT2D eigenvalue weighted by molar-refractivity contribution is 7.26. The Kier molecular flexibility index (Phi) is 5.44. The summed E-state index contributed by atoms with van der Waals surface area (Å²) in [6.45, 7) is 8.48. The van der Waals surface area contributed by atoms with Gasteiger partial charge in [0.25, 0.3) is 0 Å². The number of nitrogens with zero attached hydrogens (tertiary/aromatic N) is 2. The summed E-state index contributed by atoms with van der Waals surface area (Å²) < 4.78 is 14.0. The molecule has 3 aromatic heterocycles. The summed E-state index contributed by atoms with van der Waals surface area (Å²) in [7, 11) is 0. The average Bonchev–Trinajstić information content (AvgIpc) is 3.20. The van der Waals surface area contributed by atoms with E-state index in [1.165, 1.54) is 12.1 Å². The third-order valence-electron chi connectivity index (χ3n) is 4.05. The predicted octanol–water partition coefficient (Wildman–Crippen LogP) is 6.22. The highest BCUT2D eigenvalue weighted by Crippen LogP contribution is 2.39. The molecule has 0 atom stereocenters. The highest BCUT2D eigenvalue weighted by atomic mass is 35.5. The molecule has 4 aromatic rings. The molecule has 136 valence electrons. The molecule has 4 rings (SSSR count). The molecule has 0 aliphatic carbocycles. The smallest absolute Gasteiger partial charge is 0.166 e. The summed E-state index contributed by atoms with van der Waals surface area (Å²) in [4.78, 5) is 5.53. The molecule has 0 aliphatic rings. The van der Waals surface area contributed by atoms with Crippen molar-refractivity contribution in [2.24, 2.45) is 0 Å². The third kappa shape index (κ3) is 3.27. The highest BCUT2D eigenvalue weighted by Gasteiger charge is 2.17. The number of pyridine rings is 1. The predicted molar refractivity (Wildman–Crippen MR) is 109 cm³/mol. The van der Waals surface area contributed by atoms with Gasteiger partial charge >= 0.3 is 0 Å². The summed E-state index contributed by atoms with van der Waals surface area (Å²) in [5, 5.41) is 12.5. The lowest BCUT2D eigenvalue weighted by atomic mass is 10.1. The molecular weight excluding hydrogens is 371 g/mol. The van der Waals surface area contributed by atoms with Crippen molar-refractivity contribution in [3.8, 4) is 0 Å². The lowest BCUT2D eigenvalue weighted by Gasteiger charge is -2.03. The van der Waals surface area contributed by atoms with Gasteiger partial charge in [-0.25, -0.2) is 9.37 Å². The number of H-pyrrole nitrogens is 1. The first-order valence-corrected chi connectivity index (χ1v) is 9.65. The Bertz CT molecular complexity index is 1050. The number of aromatic amines is 1. The minimum absolute atomic E-state index is 0.237. The Morgan fingerprint density at radius 3 is 2.58 bits per heavy atom. The van der Waals surface area contributed by atoms with Gasteiger partial charge in [-0.2, -0.15) is 5.10 Å². The summed E-state index contributed by atoms with van der Waals surface area (Å²) >= 11 is 7.92. The number of halogens is 2. The monoisotopic (exact) mass is 390 g/mol. The van der Waals surface area contributed by atoms with E-state index in [1.54, 1.807) is 23.5 Å². The SMILES string of the molecule is CC.Cc1nc2sc3c(NCc4ccc(F)cc4)n[nH]c3c2c(C)c1Cl. The Morgan fingerprint density at radius 2 is 1.88 bits per heavy atom. The molecule has 0 radical (unpaired) electrons. The molecular formula is C19H20ClFN4S. The van der Waals surface area contributed by atoms with Crippen LogP contribution in [-0.2, 0) is 6.54 Å². The van der Waals surface area contributed by atoms with Gasteiger partial charge < -0.3 is 5.32 Å². The normalized spacial score (nSPS) is 10.8. The molecule has 0 saturated heterocycles. The first-order chi connectivity index (χ1) is 12.5. The van der Waals surface area contributed by atoms with Crippen LogP contribution in [0.3, 0.4) is 0 Å². The molecule has 0 bridgehead atoms. The van der Waals surface area contributed by atoms with E-state index in [9.17, 15) is 4.39 Å². The van der Waals surface area contributed by atoms with E-state index in [2.05, 4.69) is 20.5 Å². The van der Waals surface area contributed by atoms with Crippen molar-refractivity contribution in [1.29, 1.82) is 0 Å². The zero-order valence-electron chi connectivity index (χ0n) is 15.1. The van der Waals surface area contributed by atoms with Crippen LogP contribution in [0.15, 0.2) is 24.3 Å². The van der Waals surface area contributed by atoms with E-state index in [0.717, 1.165) is 43.1 Å². The fraction of sp³-hybridized carbons (Fsp3) is 0.263. The number of thiophene rings is 1. The Morgan fingerprint density at radius 1 is 1.19 bits per heavy atom. The van der Waals surface area contributed by atoms with Gasteiger partial charge in [-0.3, -0.25) is 5.10 Å². The van der Waals surface area contributed by atoms with Gasteiger partial charge in [0.2, 0.25) is 0 Å². The van der Waals surface area contributed by atoms with Crippen molar-refractivity contribution in [1.82, 2.24) is 15.2 Å². The van der Waals surface area contributed by atoms with Gasteiger partial charge in [-0.1, -0.05) is 37.6 Å². The Labute approximate surface area is 160 Å². The molecule has 2 N–H and O–H groups in total. The van der Waals surface area contributed by atoms with Crippen molar-refractivity contribution < 1.29 is 4.39 Å². The van der Waals surface area contributed by atoms with E-state index in [1.807, 2.05) is 27.7 Å². The first-order valence-electron chi connectivity index (χ1n) is 8.46. The van der Waals surface area contributed by atoms with E-state index in [0.29, 0.717) is 11.6 Å². The second-order valence-electron chi connectivity index (χ2n) is 5.67. The summed E-state index contributed by atoms with van der Waals surface area (Å²) in [6, 6.07) is 6.42. The average molecular weight is 391 g/mol. The number of aromatic nitrogens is 3. The Hall–Kier alpha value is -2.18. The number of rotatable bonds is 3. The second kappa shape index (κ2) is 7.60. The van der Waals surface area contributed by atoms with Crippen molar-refractivity contribution in [2.45, 2.75) is 34.2 Å². The quantitative estimate of drug-likeness (QED) is 0.436. The first kappa shape index (κ1) is 18.6. The molecule has 26 heavy (non-hydrogen) atoms. The van der Waals surface area contributed by atoms with Crippen molar-refractivity contribution >= 4 is 49.2 Å². The third-order valence-corrected chi connectivity index (χ3v) is 5.70. The number of fused-ring (bicyclic) bond motifs is 3. The van der Waals surface area contributed by atoms with E-state index < -0.39 is 0 Å². The Balaban J connectivity index is 0.000000948. The number of anilines is 1. The van der Waals surface area contributed by atoms with Crippen LogP contribution in [0.2, 0.25) is 5.02 Å². The topological polar surface area (TPSA) is 53.6 Å². The van der Waals surface area contributed by atoms with Crippen molar-refractivity contribution in [3.05, 3.63) is 51.9 Å². The van der Waals surface area contributed by atoms with E-state index in [4.69, 9.17) is 11.6 Å². The number of benzene rings is 1. The van der Waals surface area contributed by atoms with Crippen LogP contribution >= 0.6 is 22.9 Å². The maximum absolute atomic E-state index is 13.0. The maximum Gasteiger partial charge on any atom is 0.166 e. The number of aryl methyl sites for hydroxylation is 2. The van der Waals surface area contributed by atoms with Gasteiger partial charge in [-0.15, -0.1) is 11.3 Å². The van der Waals surface area contributed by atoms with E-state index >= 15 is 0 Å². The fourth-order valence-electron chi connectivity index (χ4n) is 2.77. The molecule has 1 aromatic carbocycles. The van der Waals surface area contributed by atoms with Gasteiger partial charge in [0.15, 0.2) is 5.82 Å². The maximum atomic E-state index is 13.0. The van der Waals surface area contributed by atoms with Gasteiger partial charge in [0, 0.05) is 11.9 Å². The van der Waals surface area contributed by atoms with Gasteiger partial charge in [0.1, 0.15) is 10.6 Å². The van der Waals surface area contributed by atoms with Crippen LogP contribution in [0.5, 0.6) is 0 Å². The molecule has 0 saturated carbocycles. The van der Waals surface area contributed by atoms with Gasteiger partial charge in [0.05, 0.1) is 20.9 Å². The molecule has 4 nitrogen and oxygen atoms in total. The molecule has 0 fully saturated rings. The summed E-state index contributed by atoms with van der Waals surface area (Å²) in [5.41, 5.74) is 3.78. The zero-order chi connectivity index (χ0) is 18.8. The lowest BCUT2D eigenvalue weighted by Crippen LogP contribution is -1.99. The van der Waals surface area contributed by atoms with Crippen LogP contribution in [0.4, 0.5) is 10.2 Å². The van der Waals surface area contributed by atoms with Crippen molar-refractivity contribution in [2.75, 3.05) is 5.32 Å². The van der Waals surface area contributed by atoms with Crippen LogP contribution in [0.25, 0.3) is 20.4 Å². The standard InChI is InChI=1S/C17H14ClFN4S.C2H6/c1-8-12-14-15(24-17(12)21-9(2)13(8)18)16(23-22-14)20-7-10-3-5-11(19)6-4-10;1-2/h3-6H,7H2,1-2H3,(H2,20,22,23);1-2H3.